The number of ether oxygens (including phenoxy) is 2. The van der Waals surface area contributed by atoms with Crippen molar-refractivity contribution in [1.29, 1.82) is 0 Å². The Bertz CT molecular complexity index is 491. The van der Waals surface area contributed by atoms with Crippen LogP contribution in [0.2, 0.25) is 0 Å². The zero-order valence-corrected chi connectivity index (χ0v) is 12.8. The summed E-state index contributed by atoms with van der Waals surface area (Å²) in [7, 11) is 3.22. The summed E-state index contributed by atoms with van der Waals surface area (Å²) >= 11 is 0. The van der Waals surface area contributed by atoms with Crippen molar-refractivity contribution in [3.05, 3.63) is 59.7 Å². The molecule has 0 fully saturated rings. The Hall–Kier alpha value is -1.75. The number of benzene rings is 2. The van der Waals surface area contributed by atoms with Crippen LogP contribution in [0.25, 0.3) is 0 Å². The lowest BCUT2D eigenvalue weighted by Gasteiger charge is -2.20. The number of nitrogens with two attached hydrogens (primary N) is 1. The van der Waals surface area contributed by atoms with Gasteiger partial charge < -0.3 is 20.3 Å². The molecule has 21 heavy (non-hydrogen) atoms. The first-order valence-corrected chi connectivity index (χ1v) is 6.37. The molecule has 114 valence electrons. The van der Waals surface area contributed by atoms with Gasteiger partial charge in [-0.3, -0.25) is 0 Å². The summed E-state index contributed by atoms with van der Waals surface area (Å²) < 4.78 is 10.2. The summed E-state index contributed by atoms with van der Waals surface area (Å²) in [5.74, 6) is 1.51. The van der Waals surface area contributed by atoms with E-state index in [1.54, 1.807) is 26.4 Å². The summed E-state index contributed by atoms with van der Waals surface area (Å²) in [6.45, 7) is 0. The minimum absolute atomic E-state index is 0. The highest BCUT2D eigenvalue weighted by atomic mass is 35.5. The summed E-state index contributed by atoms with van der Waals surface area (Å²) in [4.78, 5) is 0. The van der Waals surface area contributed by atoms with E-state index in [2.05, 4.69) is 0 Å². The Labute approximate surface area is 130 Å². The Balaban J connectivity index is 0.00000220. The van der Waals surface area contributed by atoms with Crippen molar-refractivity contribution in [2.75, 3.05) is 14.2 Å². The summed E-state index contributed by atoms with van der Waals surface area (Å²) in [5, 5.41) is 10.3. The molecular weight excluding hydrogens is 290 g/mol. The molecule has 0 amide bonds. The van der Waals surface area contributed by atoms with Gasteiger partial charge in [-0.2, -0.15) is 0 Å². The van der Waals surface area contributed by atoms with Crippen molar-refractivity contribution in [1.82, 2.24) is 0 Å². The fourth-order valence-corrected chi connectivity index (χ4v) is 2.02. The highest BCUT2D eigenvalue weighted by Gasteiger charge is 2.18. The maximum absolute atomic E-state index is 10.3. The molecule has 5 heteroatoms. The zero-order chi connectivity index (χ0) is 14.5. The first-order chi connectivity index (χ1) is 9.65. The van der Waals surface area contributed by atoms with Crippen LogP contribution in [-0.2, 0) is 0 Å². The Morgan fingerprint density at radius 2 is 1.19 bits per heavy atom. The number of hydrogen-bond donors (Lipinski definition) is 2. The number of rotatable bonds is 5. The van der Waals surface area contributed by atoms with Crippen molar-refractivity contribution >= 4 is 12.4 Å². The summed E-state index contributed by atoms with van der Waals surface area (Å²) in [6.07, 6.45) is -0.769. The predicted octanol–water partition coefficient (Wildman–Crippen LogP) is 2.86. The molecule has 0 bridgehead atoms. The topological polar surface area (TPSA) is 64.7 Å². The van der Waals surface area contributed by atoms with Crippen LogP contribution in [0, 0.1) is 0 Å². The fourth-order valence-electron chi connectivity index (χ4n) is 2.02. The number of halogens is 1. The van der Waals surface area contributed by atoms with E-state index in [9.17, 15) is 5.11 Å². The van der Waals surface area contributed by atoms with E-state index in [1.165, 1.54) is 0 Å². The number of aliphatic hydroxyl groups is 1. The average molecular weight is 310 g/mol. The van der Waals surface area contributed by atoms with Crippen molar-refractivity contribution in [2.45, 2.75) is 12.1 Å². The van der Waals surface area contributed by atoms with Gasteiger partial charge in [0.05, 0.1) is 26.4 Å². The lowest BCUT2D eigenvalue weighted by Crippen LogP contribution is -2.19. The first-order valence-electron chi connectivity index (χ1n) is 6.37. The van der Waals surface area contributed by atoms with Gasteiger partial charge in [0, 0.05) is 0 Å². The van der Waals surface area contributed by atoms with Gasteiger partial charge in [-0.15, -0.1) is 12.4 Å². The highest BCUT2D eigenvalue weighted by Crippen LogP contribution is 2.28. The largest absolute Gasteiger partial charge is 0.497 e. The molecule has 0 aromatic heterocycles. The lowest BCUT2D eigenvalue weighted by atomic mass is 9.96. The molecule has 4 nitrogen and oxygen atoms in total. The van der Waals surface area contributed by atoms with E-state index in [1.807, 2.05) is 36.4 Å². The van der Waals surface area contributed by atoms with Gasteiger partial charge in [-0.1, -0.05) is 24.3 Å². The highest BCUT2D eigenvalue weighted by molar-refractivity contribution is 5.85. The molecule has 2 unspecified atom stereocenters. The number of aliphatic hydroxyl groups excluding tert-OH is 1. The summed E-state index contributed by atoms with van der Waals surface area (Å²) in [5.41, 5.74) is 7.72. The van der Waals surface area contributed by atoms with E-state index in [0.717, 1.165) is 22.6 Å². The molecule has 0 radical (unpaired) electrons. The standard InChI is InChI=1S/C16H19NO3.ClH/c1-19-13-7-3-11(4-8-13)15(17)16(18)12-5-9-14(20-2)10-6-12;/h3-10,15-16,18H,17H2,1-2H3;1H. The van der Waals surface area contributed by atoms with Crippen molar-refractivity contribution in [3.8, 4) is 11.5 Å². The van der Waals surface area contributed by atoms with Crippen LogP contribution in [0.5, 0.6) is 11.5 Å². The van der Waals surface area contributed by atoms with Gasteiger partial charge >= 0.3 is 0 Å². The van der Waals surface area contributed by atoms with Crippen molar-refractivity contribution < 1.29 is 14.6 Å². The van der Waals surface area contributed by atoms with Crippen molar-refractivity contribution in [3.63, 3.8) is 0 Å². The molecule has 3 N–H and O–H groups in total. The van der Waals surface area contributed by atoms with E-state index in [-0.39, 0.29) is 12.4 Å². The molecule has 0 saturated heterocycles. The minimum Gasteiger partial charge on any atom is -0.497 e. The molecular formula is C16H20ClNO3. The Morgan fingerprint density at radius 1 is 0.810 bits per heavy atom. The molecule has 0 heterocycles. The van der Waals surface area contributed by atoms with Crippen LogP contribution in [0.4, 0.5) is 0 Å². The normalized spacial score (nSPS) is 13.0. The molecule has 0 aliphatic rings. The smallest absolute Gasteiger partial charge is 0.118 e. The zero-order valence-electron chi connectivity index (χ0n) is 12.0. The maximum atomic E-state index is 10.3. The molecule has 2 aromatic rings. The SMILES string of the molecule is COc1ccc(C(N)C(O)c2ccc(OC)cc2)cc1.Cl. The molecule has 0 saturated carbocycles. The van der Waals surface area contributed by atoms with E-state index < -0.39 is 12.1 Å². The van der Waals surface area contributed by atoms with Crippen LogP contribution < -0.4 is 15.2 Å². The van der Waals surface area contributed by atoms with Gasteiger partial charge in [-0.05, 0) is 35.4 Å². The van der Waals surface area contributed by atoms with Crippen LogP contribution in [0.15, 0.2) is 48.5 Å². The third-order valence-corrected chi connectivity index (χ3v) is 3.30. The van der Waals surface area contributed by atoms with Crippen LogP contribution >= 0.6 is 12.4 Å². The molecule has 0 spiro atoms. The first kappa shape index (κ1) is 17.3. The van der Waals surface area contributed by atoms with Crippen LogP contribution in [0.3, 0.4) is 0 Å². The quantitative estimate of drug-likeness (QED) is 0.891. The van der Waals surface area contributed by atoms with Gasteiger partial charge in [-0.25, -0.2) is 0 Å². The van der Waals surface area contributed by atoms with Crippen LogP contribution in [-0.4, -0.2) is 19.3 Å². The maximum Gasteiger partial charge on any atom is 0.118 e. The third kappa shape index (κ3) is 4.11. The van der Waals surface area contributed by atoms with E-state index >= 15 is 0 Å². The minimum atomic E-state index is -0.769. The van der Waals surface area contributed by atoms with Gasteiger partial charge in [0.1, 0.15) is 11.5 Å². The second-order valence-corrected chi connectivity index (χ2v) is 4.52. The number of hydrogen-bond acceptors (Lipinski definition) is 4. The van der Waals surface area contributed by atoms with Crippen LogP contribution in [0.1, 0.15) is 23.3 Å². The second kappa shape index (κ2) is 7.88. The van der Waals surface area contributed by atoms with Gasteiger partial charge in [0.15, 0.2) is 0 Å². The van der Waals surface area contributed by atoms with E-state index in [4.69, 9.17) is 15.2 Å². The monoisotopic (exact) mass is 309 g/mol. The molecule has 2 rings (SSSR count). The molecule has 2 atom stereocenters. The fraction of sp³-hybridized carbons (Fsp3) is 0.250. The average Bonchev–Trinajstić information content (AvgIpc) is 2.53. The lowest BCUT2D eigenvalue weighted by molar-refractivity contribution is 0.147. The predicted molar refractivity (Wildman–Crippen MR) is 85.1 cm³/mol. The molecule has 2 aromatic carbocycles. The van der Waals surface area contributed by atoms with Gasteiger partial charge in [0.2, 0.25) is 0 Å². The van der Waals surface area contributed by atoms with Gasteiger partial charge in [0.25, 0.3) is 0 Å². The van der Waals surface area contributed by atoms with E-state index in [0.29, 0.717) is 0 Å². The third-order valence-electron chi connectivity index (χ3n) is 3.30. The summed E-state index contributed by atoms with van der Waals surface area (Å²) in [6, 6.07) is 14.1. The number of methoxy groups -OCH3 is 2. The second-order valence-electron chi connectivity index (χ2n) is 4.52. The molecule has 0 aliphatic carbocycles. The molecule has 0 aliphatic heterocycles. The van der Waals surface area contributed by atoms with Crippen molar-refractivity contribution in [2.24, 2.45) is 5.73 Å². The Kier molecular flexibility index (Phi) is 6.49. The Morgan fingerprint density at radius 3 is 1.57 bits per heavy atom.